The van der Waals surface area contributed by atoms with Crippen molar-refractivity contribution in [3.63, 3.8) is 0 Å². The molecule has 0 radical (unpaired) electrons. The molecule has 0 bridgehead atoms. The Labute approximate surface area is 101 Å². The van der Waals surface area contributed by atoms with Crippen molar-refractivity contribution in [1.82, 2.24) is 5.32 Å². The maximum atomic E-state index is 11.8. The summed E-state index contributed by atoms with van der Waals surface area (Å²) in [6.07, 6.45) is 1.86. The normalized spacial score (nSPS) is 19.0. The zero-order chi connectivity index (χ0) is 12.1. The summed E-state index contributed by atoms with van der Waals surface area (Å²) < 4.78 is 10.8. The Morgan fingerprint density at radius 2 is 2.18 bits per heavy atom. The van der Waals surface area contributed by atoms with Gasteiger partial charge in [0.15, 0.2) is 11.5 Å². The quantitative estimate of drug-likeness (QED) is 0.638. The molecule has 1 aliphatic rings. The molecule has 17 heavy (non-hydrogen) atoms. The summed E-state index contributed by atoms with van der Waals surface area (Å²) in [6.45, 7) is 3.33. The summed E-state index contributed by atoms with van der Waals surface area (Å²) in [6, 6.07) is 7.06. The minimum atomic E-state index is -0.227. The Morgan fingerprint density at radius 1 is 1.41 bits per heavy atom. The molecule has 4 nitrogen and oxygen atoms in total. The van der Waals surface area contributed by atoms with Gasteiger partial charge in [-0.2, -0.15) is 0 Å². The SMILES string of the molecule is CCOc1ccccc1OC(=O)C1CCCN1. The van der Waals surface area contributed by atoms with Crippen molar-refractivity contribution in [2.75, 3.05) is 13.2 Å². The molecule has 1 aromatic rings. The van der Waals surface area contributed by atoms with E-state index in [1.165, 1.54) is 0 Å². The number of carbonyl (C=O) groups excluding carboxylic acids is 1. The predicted octanol–water partition coefficient (Wildman–Crippen LogP) is 1.74. The molecule has 0 saturated carbocycles. The van der Waals surface area contributed by atoms with Gasteiger partial charge >= 0.3 is 5.97 Å². The summed E-state index contributed by atoms with van der Waals surface area (Å²) >= 11 is 0. The summed E-state index contributed by atoms with van der Waals surface area (Å²) in [5.74, 6) is 0.879. The lowest BCUT2D eigenvalue weighted by Crippen LogP contribution is -2.34. The predicted molar refractivity (Wildman–Crippen MR) is 64.3 cm³/mol. The van der Waals surface area contributed by atoms with Crippen LogP contribution in [-0.4, -0.2) is 25.2 Å². The second-order valence-corrected chi connectivity index (χ2v) is 3.95. The molecule has 4 heteroatoms. The highest BCUT2D eigenvalue weighted by molar-refractivity contribution is 5.79. The molecule has 1 N–H and O–H groups in total. The van der Waals surface area contributed by atoms with Crippen LogP contribution in [0.4, 0.5) is 0 Å². The number of benzene rings is 1. The third kappa shape index (κ3) is 2.97. The van der Waals surface area contributed by atoms with E-state index in [1.807, 2.05) is 19.1 Å². The smallest absolute Gasteiger partial charge is 0.328 e. The second-order valence-electron chi connectivity index (χ2n) is 3.95. The van der Waals surface area contributed by atoms with Crippen molar-refractivity contribution in [2.24, 2.45) is 0 Å². The first-order valence-corrected chi connectivity index (χ1v) is 5.98. The van der Waals surface area contributed by atoms with Gasteiger partial charge in [0.25, 0.3) is 0 Å². The van der Waals surface area contributed by atoms with Gasteiger partial charge in [-0.05, 0) is 38.4 Å². The van der Waals surface area contributed by atoms with Gasteiger partial charge in [-0.1, -0.05) is 12.1 Å². The highest BCUT2D eigenvalue weighted by Gasteiger charge is 2.24. The molecule has 0 amide bonds. The summed E-state index contributed by atoms with van der Waals surface area (Å²) in [7, 11) is 0. The van der Waals surface area contributed by atoms with Gasteiger partial charge in [-0.3, -0.25) is 0 Å². The van der Waals surface area contributed by atoms with Crippen LogP contribution in [0.3, 0.4) is 0 Å². The van der Waals surface area contributed by atoms with E-state index in [0.29, 0.717) is 18.1 Å². The van der Waals surface area contributed by atoms with E-state index in [9.17, 15) is 4.79 Å². The summed E-state index contributed by atoms with van der Waals surface area (Å²) in [4.78, 5) is 11.8. The number of para-hydroxylation sites is 2. The van der Waals surface area contributed by atoms with Gasteiger partial charge in [0.05, 0.1) is 6.61 Å². The van der Waals surface area contributed by atoms with Crippen LogP contribution in [-0.2, 0) is 4.79 Å². The van der Waals surface area contributed by atoms with Crippen LogP contribution in [0.15, 0.2) is 24.3 Å². The van der Waals surface area contributed by atoms with Crippen LogP contribution in [0.2, 0.25) is 0 Å². The molecule has 1 heterocycles. The molecule has 2 rings (SSSR count). The molecule has 1 unspecified atom stereocenters. The lowest BCUT2D eigenvalue weighted by molar-refractivity contribution is -0.136. The summed E-state index contributed by atoms with van der Waals surface area (Å²) in [5.41, 5.74) is 0. The fourth-order valence-electron chi connectivity index (χ4n) is 1.87. The molecule has 1 aliphatic heterocycles. The first-order chi connectivity index (χ1) is 8.31. The fraction of sp³-hybridized carbons (Fsp3) is 0.462. The van der Waals surface area contributed by atoms with Crippen LogP contribution < -0.4 is 14.8 Å². The van der Waals surface area contributed by atoms with Crippen LogP contribution in [0.5, 0.6) is 11.5 Å². The molecular weight excluding hydrogens is 218 g/mol. The third-order valence-corrected chi connectivity index (χ3v) is 2.70. The summed E-state index contributed by atoms with van der Waals surface area (Å²) in [5, 5.41) is 3.11. The topological polar surface area (TPSA) is 47.6 Å². The first-order valence-electron chi connectivity index (χ1n) is 5.98. The fourth-order valence-corrected chi connectivity index (χ4v) is 1.87. The highest BCUT2D eigenvalue weighted by Crippen LogP contribution is 2.27. The van der Waals surface area contributed by atoms with Crippen LogP contribution in [0, 0.1) is 0 Å². The number of rotatable bonds is 4. The molecule has 0 aromatic heterocycles. The number of ether oxygens (including phenoxy) is 2. The molecule has 1 saturated heterocycles. The zero-order valence-corrected chi connectivity index (χ0v) is 9.94. The lowest BCUT2D eigenvalue weighted by atomic mass is 10.2. The number of hydrogen-bond acceptors (Lipinski definition) is 4. The van der Waals surface area contributed by atoms with E-state index in [2.05, 4.69) is 5.32 Å². The van der Waals surface area contributed by atoms with Crippen molar-refractivity contribution in [3.05, 3.63) is 24.3 Å². The van der Waals surface area contributed by atoms with E-state index in [1.54, 1.807) is 12.1 Å². The molecule has 0 aliphatic carbocycles. The standard InChI is InChI=1S/C13H17NO3/c1-2-16-11-7-3-4-8-12(11)17-13(15)10-6-5-9-14-10/h3-4,7-8,10,14H,2,5-6,9H2,1H3. The van der Waals surface area contributed by atoms with Crippen LogP contribution in [0.25, 0.3) is 0 Å². The molecule has 1 aromatic carbocycles. The van der Waals surface area contributed by atoms with E-state index < -0.39 is 0 Å². The van der Waals surface area contributed by atoms with E-state index >= 15 is 0 Å². The van der Waals surface area contributed by atoms with Crippen molar-refractivity contribution in [1.29, 1.82) is 0 Å². The van der Waals surface area contributed by atoms with Crippen molar-refractivity contribution >= 4 is 5.97 Å². The maximum absolute atomic E-state index is 11.8. The van der Waals surface area contributed by atoms with Crippen molar-refractivity contribution < 1.29 is 14.3 Å². The number of carbonyl (C=O) groups is 1. The van der Waals surface area contributed by atoms with Crippen LogP contribution in [0.1, 0.15) is 19.8 Å². The minimum Gasteiger partial charge on any atom is -0.490 e. The van der Waals surface area contributed by atoms with E-state index in [0.717, 1.165) is 19.4 Å². The van der Waals surface area contributed by atoms with Gasteiger partial charge in [0.2, 0.25) is 0 Å². The molecule has 1 atom stereocenters. The van der Waals surface area contributed by atoms with Gasteiger partial charge in [-0.25, -0.2) is 4.79 Å². The Balaban J connectivity index is 2.04. The van der Waals surface area contributed by atoms with Gasteiger partial charge in [-0.15, -0.1) is 0 Å². The molecule has 92 valence electrons. The Morgan fingerprint density at radius 3 is 2.82 bits per heavy atom. The van der Waals surface area contributed by atoms with Crippen LogP contribution >= 0.6 is 0 Å². The molecular formula is C13H17NO3. The Bertz CT molecular complexity index is 386. The average molecular weight is 235 g/mol. The van der Waals surface area contributed by atoms with E-state index in [-0.39, 0.29) is 12.0 Å². The third-order valence-electron chi connectivity index (χ3n) is 2.70. The Kier molecular flexibility index (Phi) is 3.98. The molecule has 0 spiro atoms. The van der Waals surface area contributed by atoms with Crippen molar-refractivity contribution in [2.45, 2.75) is 25.8 Å². The number of hydrogen-bond donors (Lipinski definition) is 1. The van der Waals surface area contributed by atoms with Crippen molar-refractivity contribution in [3.8, 4) is 11.5 Å². The zero-order valence-electron chi connectivity index (χ0n) is 9.94. The molecule has 1 fully saturated rings. The number of esters is 1. The minimum absolute atomic E-state index is 0.176. The number of nitrogens with one attached hydrogen (secondary N) is 1. The maximum Gasteiger partial charge on any atom is 0.328 e. The lowest BCUT2D eigenvalue weighted by Gasteiger charge is -2.13. The Hall–Kier alpha value is -1.55. The largest absolute Gasteiger partial charge is 0.490 e. The highest BCUT2D eigenvalue weighted by atomic mass is 16.6. The second kappa shape index (κ2) is 5.68. The van der Waals surface area contributed by atoms with Gasteiger partial charge in [0.1, 0.15) is 6.04 Å². The average Bonchev–Trinajstić information content (AvgIpc) is 2.85. The van der Waals surface area contributed by atoms with Gasteiger partial charge < -0.3 is 14.8 Å². The first kappa shape index (κ1) is 11.9. The monoisotopic (exact) mass is 235 g/mol. The van der Waals surface area contributed by atoms with Gasteiger partial charge in [0, 0.05) is 0 Å². The van der Waals surface area contributed by atoms with E-state index in [4.69, 9.17) is 9.47 Å².